The van der Waals surface area contributed by atoms with Crippen molar-refractivity contribution in [2.24, 2.45) is 11.7 Å². The van der Waals surface area contributed by atoms with Crippen molar-refractivity contribution < 1.29 is 0 Å². The quantitative estimate of drug-likeness (QED) is 0.850. The van der Waals surface area contributed by atoms with Crippen molar-refractivity contribution in [2.75, 3.05) is 39.3 Å². The molecule has 0 bridgehead atoms. The van der Waals surface area contributed by atoms with Crippen LogP contribution in [0.5, 0.6) is 0 Å². The van der Waals surface area contributed by atoms with E-state index in [0.717, 1.165) is 18.9 Å². The molecule has 2 aliphatic rings. The summed E-state index contributed by atoms with van der Waals surface area (Å²) < 4.78 is 0. The lowest BCUT2D eigenvalue weighted by atomic mass is 10.2. The first kappa shape index (κ1) is 13.5. The van der Waals surface area contributed by atoms with E-state index in [1.165, 1.54) is 56.3 Å². The summed E-state index contributed by atoms with van der Waals surface area (Å²) in [5.74, 6) is 1.02. The average Bonchev–Trinajstić information content (AvgIpc) is 3.12. The Hall–Kier alpha value is -0.490. The van der Waals surface area contributed by atoms with E-state index in [0.29, 0.717) is 6.54 Å². The van der Waals surface area contributed by atoms with Crippen LogP contribution < -0.4 is 5.73 Å². The molecule has 1 saturated heterocycles. The first-order valence-corrected chi connectivity index (χ1v) is 8.29. The van der Waals surface area contributed by atoms with Crippen LogP contribution in [0, 0.1) is 5.92 Å². The minimum atomic E-state index is 0.701. The molecule has 1 saturated carbocycles. The first-order valence-electron chi connectivity index (χ1n) is 7.41. The minimum absolute atomic E-state index is 0.701. The van der Waals surface area contributed by atoms with Gasteiger partial charge in [-0.05, 0) is 25.3 Å². The molecule has 2 N–H and O–H groups in total. The second-order valence-electron chi connectivity index (χ2n) is 5.79. The lowest BCUT2D eigenvalue weighted by Crippen LogP contribution is -2.46. The molecule has 0 amide bonds. The van der Waals surface area contributed by atoms with Gasteiger partial charge in [-0.2, -0.15) is 0 Å². The van der Waals surface area contributed by atoms with Gasteiger partial charge in [0, 0.05) is 51.1 Å². The van der Waals surface area contributed by atoms with Crippen molar-refractivity contribution >= 4 is 11.3 Å². The van der Waals surface area contributed by atoms with E-state index in [1.807, 2.05) is 0 Å². The van der Waals surface area contributed by atoms with Crippen LogP contribution >= 0.6 is 11.3 Å². The van der Waals surface area contributed by atoms with Gasteiger partial charge in [0.15, 0.2) is 0 Å². The molecule has 0 aromatic carbocycles. The van der Waals surface area contributed by atoms with Crippen LogP contribution in [0.1, 0.15) is 23.5 Å². The van der Waals surface area contributed by atoms with Crippen LogP contribution in [-0.2, 0) is 13.0 Å². The Bertz CT molecular complexity index is 394. The third-order valence-electron chi connectivity index (χ3n) is 4.02. The topological polar surface area (TPSA) is 45.4 Å². The highest BCUT2D eigenvalue weighted by atomic mass is 32.1. The number of nitrogens with two attached hydrogens (primary N) is 1. The normalized spacial score (nSPS) is 21.9. The second kappa shape index (κ2) is 6.31. The summed E-state index contributed by atoms with van der Waals surface area (Å²) >= 11 is 1.75. The van der Waals surface area contributed by atoms with Crippen LogP contribution in [0.25, 0.3) is 0 Å². The standard InChI is InChI=1S/C14H24N4S/c15-4-3-14-16-13(11-19-14)10-18-7-5-17(6-8-18)9-12-1-2-12/h11-12H,1-10,15H2. The van der Waals surface area contributed by atoms with E-state index >= 15 is 0 Å². The Kier molecular flexibility index (Phi) is 4.48. The first-order chi connectivity index (χ1) is 9.33. The van der Waals surface area contributed by atoms with Crippen molar-refractivity contribution in [1.29, 1.82) is 0 Å². The second-order valence-corrected chi connectivity index (χ2v) is 6.73. The van der Waals surface area contributed by atoms with E-state index in [9.17, 15) is 0 Å². The largest absolute Gasteiger partial charge is 0.330 e. The van der Waals surface area contributed by atoms with Gasteiger partial charge in [0.2, 0.25) is 0 Å². The van der Waals surface area contributed by atoms with Gasteiger partial charge < -0.3 is 10.6 Å². The molecule has 0 unspecified atom stereocenters. The molecule has 1 aromatic rings. The number of nitrogens with zero attached hydrogens (tertiary/aromatic N) is 3. The SMILES string of the molecule is NCCc1nc(CN2CCN(CC3CC3)CC2)cs1. The van der Waals surface area contributed by atoms with Gasteiger partial charge in [0.05, 0.1) is 10.7 Å². The maximum absolute atomic E-state index is 5.56. The van der Waals surface area contributed by atoms with Crippen LogP contribution in [0.15, 0.2) is 5.38 Å². The number of thiazole rings is 1. The van der Waals surface area contributed by atoms with Crippen LogP contribution in [0.4, 0.5) is 0 Å². The monoisotopic (exact) mass is 280 g/mol. The van der Waals surface area contributed by atoms with Crippen molar-refractivity contribution in [3.05, 3.63) is 16.1 Å². The van der Waals surface area contributed by atoms with Crippen molar-refractivity contribution in [3.8, 4) is 0 Å². The molecule has 1 aromatic heterocycles. The molecule has 4 nitrogen and oxygen atoms in total. The number of hydrogen-bond acceptors (Lipinski definition) is 5. The number of aromatic nitrogens is 1. The van der Waals surface area contributed by atoms with Gasteiger partial charge in [-0.15, -0.1) is 11.3 Å². The van der Waals surface area contributed by atoms with Gasteiger partial charge in [-0.3, -0.25) is 4.90 Å². The smallest absolute Gasteiger partial charge is 0.0941 e. The van der Waals surface area contributed by atoms with Crippen molar-refractivity contribution in [1.82, 2.24) is 14.8 Å². The molecule has 0 spiro atoms. The molecule has 2 fully saturated rings. The molecule has 3 rings (SSSR count). The lowest BCUT2D eigenvalue weighted by Gasteiger charge is -2.34. The highest BCUT2D eigenvalue weighted by Gasteiger charge is 2.26. The van der Waals surface area contributed by atoms with E-state index in [4.69, 9.17) is 5.73 Å². The predicted molar refractivity (Wildman–Crippen MR) is 79.3 cm³/mol. The number of rotatable bonds is 6. The van der Waals surface area contributed by atoms with Gasteiger partial charge in [0.1, 0.15) is 0 Å². The molecule has 1 aliphatic carbocycles. The molecule has 2 heterocycles. The van der Waals surface area contributed by atoms with E-state index in [2.05, 4.69) is 20.2 Å². The molecule has 0 atom stereocenters. The van der Waals surface area contributed by atoms with Crippen LogP contribution in [-0.4, -0.2) is 54.1 Å². The van der Waals surface area contributed by atoms with Gasteiger partial charge in [-0.1, -0.05) is 0 Å². The fraction of sp³-hybridized carbons (Fsp3) is 0.786. The Labute approximate surface area is 119 Å². The molecule has 19 heavy (non-hydrogen) atoms. The Morgan fingerprint density at radius 2 is 1.95 bits per heavy atom. The van der Waals surface area contributed by atoms with Crippen molar-refractivity contribution in [3.63, 3.8) is 0 Å². The molecule has 0 radical (unpaired) electrons. The fourth-order valence-electron chi connectivity index (χ4n) is 2.68. The highest BCUT2D eigenvalue weighted by Crippen LogP contribution is 2.30. The molecular weight excluding hydrogens is 256 g/mol. The van der Waals surface area contributed by atoms with Gasteiger partial charge in [-0.25, -0.2) is 4.98 Å². The van der Waals surface area contributed by atoms with E-state index in [-0.39, 0.29) is 0 Å². The fourth-order valence-corrected chi connectivity index (χ4v) is 3.49. The third kappa shape index (κ3) is 3.99. The lowest BCUT2D eigenvalue weighted by molar-refractivity contribution is 0.122. The Morgan fingerprint density at radius 1 is 1.21 bits per heavy atom. The molecular formula is C14H24N4S. The molecule has 5 heteroatoms. The highest BCUT2D eigenvalue weighted by molar-refractivity contribution is 7.09. The van der Waals surface area contributed by atoms with Crippen molar-refractivity contribution in [2.45, 2.75) is 25.8 Å². The summed E-state index contributed by atoms with van der Waals surface area (Å²) in [6.45, 7) is 7.90. The van der Waals surface area contributed by atoms with E-state index in [1.54, 1.807) is 11.3 Å². The summed E-state index contributed by atoms with van der Waals surface area (Å²) in [5, 5.41) is 3.38. The Balaban J connectivity index is 1.42. The summed E-state index contributed by atoms with van der Waals surface area (Å²) in [6.07, 6.45) is 3.84. The van der Waals surface area contributed by atoms with Gasteiger partial charge >= 0.3 is 0 Å². The summed E-state index contributed by atoms with van der Waals surface area (Å²) in [7, 11) is 0. The van der Waals surface area contributed by atoms with Gasteiger partial charge in [0.25, 0.3) is 0 Å². The minimum Gasteiger partial charge on any atom is -0.330 e. The van der Waals surface area contributed by atoms with E-state index < -0.39 is 0 Å². The summed E-state index contributed by atoms with van der Waals surface area (Å²) in [5.41, 5.74) is 6.79. The zero-order valence-corrected chi connectivity index (χ0v) is 12.4. The zero-order valence-electron chi connectivity index (χ0n) is 11.6. The summed E-state index contributed by atoms with van der Waals surface area (Å²) in [6, 6.07) is 0. The Morgan fingerprint density at radius 3 is 2.63 bits per heavy atom. The number of hydrogen-bond donors (Lipinski definition) is 1. The predicted octanol–water partition coefficient (Wildman–Crippen LogP) is 1.17. The molecule has 1 aliphatic heterocycles. The maximum Gasteiger partial charge on any atom is 0.0941 e. The average molecular weight is 280 g/mol. The summed E-state index contributed by atoms with van der Waals surface area (Å²) in [4.78, 5) is 9.82. The van der Waals surface area contributed by atoms with Crippen LogP contribution in [0.3, 0.4) is 0 Å². The zero-order chi connectivity index (χ0) is 13.1. The molecule has 106 valence electrons. The third-order valence-corrected chi connectivity index (χ3v) is 4.98. The maximum atomic E-state index is 5.56. The number of piperazine rings is 1. The van der Waals surface area contributed by atoms with Crippen LogP contribution in [0.2, 0.25) is 0 Å².